The molecular formula is C24H32N4O2. The molecule has 0 aromatic heterocycles. The van der Waals surface area contributed by atoms with Crippen LogP contribution in [0.5, 0.6) is 0 Å². The van der Waals surface area contributed by atoms with Crippen LogP contribution in [0.3, 0.4) is 0 Å². The monoisotopic (exact) mass is 408 g/mol. The largest absolute Gasteiger partial charge is 0.378 e. The van der Waals surface area contributed by atoms with Crippen molar-refractivity contribution in [3.63, 3.8) is 0 Å². The van der Waals surface area contributed by atoms with Gasteiger partial charge < -0.3 is 15.0 Å². The van der Waals surface area contributed by atoms with Crippen LogP contribution < -0.4 is 10.2 Å². The number of rotatable bonds is 6. The Balaban J connectivity index is 1.21. The summed E-state index contributed by atoms with van der Waals surface area (Å²) in [5.74, 6) is 0.0569. The number of carbonyl (C=O) groups is 1. The van der Waals surface area contributed by atoms with E-state index in [1.807, 2.05) is 12.1 Å². The van der Waals surface area contributed by atoms with E-state index in [1.165, 1.54) is 16.8 Å². The van der Waals surface area contributed by atoms with Gasteiger partial charge in [-0.15, -0.1) is 0 Å². The summed E-state index contributed by atoms with van der Waals surface area (Å²) in [6, 6.07) is 16.7. The van der Waals surface area contributed by atoms with E-state index in [0.29, 0.717) is 6.54 Å². The van der Waals surface area contributed by atoms with Crippen LogP contribution in [0, 0.1) is 6.92 Å². The van der Waals surface area contributed by atoms with Crippen molar-refractivity contribution in [1.82, 2.24) is 9.80 Å². The molecule has 2 saturated heterocycles. The van der Waals surface area contributed by atoms with Gasteiger partial charge in [0.1, 0.15) is 0 Å². The van der Waals surface area contributed by atoms with Crippen LogP contribution >= 0.6 is 0 Å². The van der Waals surface area contributed by atoms with Gasteiger partial charge in [0.25, 0.3) is 0 Å². The summed E-state index contributed by atoms with van der Waals surface area (Å²) < 4.78 is 5.40. The first-order valence-electron chi connectivity index (χ1n) is 10.9. The zero-order valence-corrected chi connectivity index (χ0v) is 17.8. The first kappa shape index (κ1) is 20.8. The van der Waals surface area contributed by atoms with Gasteiger partial charge in [-0.3, -0.25) is 14.6 Å². The van der Waals surface area contributed by atoms with E-state index >= 15 is 0 Å². The number of nitrogens with one attached hydrogen (secondary N) is 1. The minimum Gasteiger partial charge on any atom is -0.378 e. The molecule has 4 rings (SSSR count). The van der Waals surface area contributed by atoms with E-state index in [9.17, 15) is 4.79 Å². The van der Waals surface area contributed by atoms with Crippen molar-refractivity contribution < 1.29 is 9.53 Å². The number of morpholine rings is 1. The number of piperazine rings is 1. The lowest BCUT2D eigenvalue weighted by atomic mass is 10.1. The number of ether oxygens (including phenoxy) is 1. The topological polar surface area (TPSA) is 48.0 Å². The number of hydrogen-bond acceptors (Lipinski definition) is 5. The van der Waals surface area contributed by atoms with Crippen LogP contribution in [0.1, 0.15) is 11.1 Å². The number of anilines is 2. The van der Waals surface area contributed by atoms with Gasteiger partial charge >= 0.3 is 0 Å². The van der Waals surface area contributed by atoms with E-state index in [0.717, 1.165) is 64.7 Å². The van der Waals surface area contributed by atoms with Gasteiger partial charge in [-0.05, 0) is 42.3 Å². The summed E-state index contributed by atoms with van der Waals surface area (Å²) >= 11 is 0. The van der Waals surface area contributed by atoms with E-state index in [4.69, 9.17) is 4.74 Å². The molecule has 160 valence electrons. The van der Waals surface area contributed by atoms with Crippen LogP contribution in [0.15, 0.2) is 48.5 Å². The molecule has 2 aliphatic rings. The fraction of sp³-hybridized carbons (Fsp3) is 0.458. The van der Waals surface area contributed by atoms with Crippen LogP contribution in [0.25, 0.3) is 0 Å². The second kappa shape index (κ2) is 10.1. The lowest BCUT2D eigenvalue weighted by Crippen LogP contribution is -2.48. The molecule has 6 nitrogen and oxygen atoms in total. The minimum atomic E-state index is 0.0569. The lowest BCUT2D eigenvalue weighted by molar-refractivity contribution is -0.117. The van der Waals surface area contributed by atoms with Crippen LogP contribution in [-0.4, -0.2) is 74.7 Å². The van der Waals surface area contributed by atoms with Crippen molar-refractivity contribution in [2.24, 2.45) is 0 Å². The second-order valence-electron chi connectivity index (χ2n) is 8.17. The van der Waals surface area contributed by atoms with Gasteiger partial charge in [-0.25, -0.2) is 0 Å². The Labute approximate surface area is 179 Å². The van der Waals surface area contributed by atoms with Gasteiger partial charge in [0, 0.05) is 57.2 Å². The minimum absolute atomic E-state index is 0.0569. The van der Waals surface area contributed by atoms with Gasteiger partial charge in [-0.1, -0.05) is 24.3 Å². The molecule has 0 aliphatic carbocycles. The molecule has 6 heteroatoms. The van der Waals surface area contributed by atoms with E-state index in [1.54, 1.807) is 0 Å². The lowest BCUT2D eigenvalue weighted by Gasteiger charge is -2.34. The third kappa shape index (κ3) is 5.59. The Morgan fingerprint density at radius 3 is 2.27 bits per heavy atom. The maximum atomic E-state index is 12.5. The fourth-order valence-electron chi connectivity index (χ4n) is 4.11. The molecule has 0 radical (unpaired) electrons. The molecule has 30 heavy (non-hydrogen) atoms. The normalized spacial score (nSPS) is 18.4. The summed E-state index contributed by atoms with van der Waals surface area (Å²) in [4.78, 5) is 19.5. The fourth-order valence-corrected chi connectivity index (χ4v) is 4.11. The standard InChI is InChI=1S/C24H32N4O2/c1-20-4-2-3-5-21(20)18-26-10-12-27(13-11-26)19-24(29)25-22-6-8-23(9-7-22)28-14-16-30-17-15-28/h2-9H,10-19H2,1H3,(H,25,29). The smallest absolute Gasteiger partial charge is 0.238 e. The maximum absolute atomic E-state index is 12.5. The van der Waals surface area contributed by atoms with Gasteiger partial charge in [0.15, 0.2) is 0 Å². The summed E-state index contributed by atoms with van der Waals surface area (Å²) in [5.41, 5.74) is 4.78. The van der Waals surface area contributed by atoms with Gasteiger partial charge in [0.05, 0.1) is 19.8 Å². The molecule has 2 fully saturated rings. The van der Waals surface area contributed by atoms with Gasteiger partial charge in [0.2, 0.25) is 5.91 Å². The summed E-state index contributed by atoms with van der Waals surface area (Å²) in [6.45, 7) is 10.8. The molecule has 0 bridgehead atoms. The van der Waals surface area contributed by atoms with Crippen molar-refractivity contribution in [1.29, 1.82) is 0 Å². The molecule has 0 atom stereocenters. The molecule has 2 aliphatic heterocycles. The highest BCUT2D eigenvalue weighted by Crippen LogP contribution is 2.19. The number of benzene rings is 2. The van der Waals surface area contributed by atoms with E-state index in [2.05, 4.69) is 63.3 Å². The molecular weight excluding hydrogens is 376 g/mol. The molecule has 0 spiro atoms. The zero-order valence-electron chi connectivity index (χ0n) is 17.8. The first-order chi connectivity index (χ1) is 14.7. The van der Waals surface area contributed by atoms with Gasteiger partial charge in [-0.2, -0.15) is 0 Å². The summed E-state index contributed by atoms with van der Waals surface area (Å²) in [7, 11) is 0. The molecule has 0 unspecified atom stereocenters. The molecule has 2 heterocycles. The number of nitrogens with zero attached hydrogens (tertiary/aromatic N) is 3. The Morgan fingerprint density at radius 1 is 0.900 bits per heavy atom. The summed E-state index contributed by atoms with van der Waals surface area (Å²) in [5, 5.41) is 3.04. The quantitative estimate of drug-likeness (QED) is 0.796. The SMILES string of the molecule is Cc1ccccc1CN1CCN(CC(=O)Nc2ccc(N3CCOCC3)cc2)CC1. The van der Waals surface area contributed by atoms with Crippen LogP contribution in [-0.2, 0) is 16.1 Å². The van der Waals surface area contributed by atoms with Crippen LogP contribution in [0.4, 0.5) is 11.4 Å². The zero-order chi connectivity index (χ0) is 20.8. The highest BCUT2D eigenvalue weighted by molar-refractivity contribution is 5.92. The molecule has 2 aromatic carbocycles. The highest BCUT2D eigenvalue weighted by Gasteiger charge is 2.19. The molecule has 2 aromatic rings. The van der Waals surface area contributed by atoms with E-state index < -0.39 is 0 Å². The Bertz CT molecular complexity index is 825. The number of amides is 1. The predicted molar refractivity (Wildman–Crippen MR) is 121 cm³/mol. The Morgan fingerprint density at radius 2 is 1.57 bits per heavy atom. The molecule has 1 N–H and O–H groups in total. The second-order valence-corrected chi connectivity index (χ2v) is 8.17. The highest BCUT2D eigenvalue weighted by atomic mass is 16.5. The third-order valence-electron chi connectivity index (χ3n) is 6.01. The van der Waals surface area contributed by atoms with E-state index in [-0.39, 0.29) is 5.91 Å². The third-order valence-corrected chi connectivity index (χ3v) is 6.01. The number of aryl methyl sites for hydroxylation is 1. The van der Waals surface area contributed by atoms with Crippen molar-refractivity contribution in [2.45, 2.75) is 13.5 Å². The molecule has 0 saturated carbocycles. The Hall–Kier alpha value is -2.41. The first-order valence-corrected chi connectivity index (χ1v) is 10.9. The molecule has 1 amide bonds. The van der Waals surface area contributed by atoms with Crippen LogP contribution in [0.2, 0.25) is 0 Å². The van der Waals surface area contributed by atoms with Crippen molar-refractivity contribution in [3.05, 3.63) is 59.7 Å². The van der Waals surface area contributed by atoms with Crippen molar-refractivity contribution in [2.75, 3.05) is 69.2 Å². The average molecular weight is 409 g/mol. The van der Waals surface area contributed by atoms with Crippen molar-refractivity contribution in [3.8, 4) is 0 Å². The predicted octanol–water partition coefficient (Wildman–Crippen LogP) is 2.59. The average Bonchev–Trinajstić information content (AvgIpc) is 2.78. The summed E-state index contributed by atoms with van der Waals surface area (Å²) in [6.07, 6.45) is 0. The maximum Gasteiger partial charge on any atom is 0.238 e. The van der Waals surface area contributed by atoms with Crippen molar-refractivity contribution >= 4 is 17.3 Å². The Kier molecular flexibility index (Phi) is 7.00. The number of carbonyl (C=O) groups excluding carboxylic acids is 1. The number of hydrogen-bond donors (Lipinski definition) is 1.